The minimum Gasteiger partial charge on any atom is -0.504 e. The highest BCUT2D eigenvalue weighted by atomic mass is 32.2. The summed E-state index contributed by atoms with van der Waals surface area (Å²) in [5.74, 6) is -3.63. The zero-order valence-corrected chi connectivity index (χ0v) is 22.9. The summed E-state index contributed by atoms with van der Waals surface area (Å²) >= 11 is 0. The van der Waals surface area contributed by atoms with Crippen molar-refractivity contribution in [2.75, 3.05) is 19.1 Å². The van der Waals surface area contributed by atoms with Crippen LogP contribution in [-0.2, 0) is 21.2 Å². The number of nitrogens with zero attached hydrogens (tertiary/aromatic N) is 1. The van der Waals surface area contributed by atoms with Crippen molar-refractivity contribution >= 4 is 15.9 Å². The van der Waals surface area contributed by atoms with E-state index >= 15 is 0 Å². The van der Waals surface area contributed by atoms with Crippen molar-refractivity contribution in [3.63, 3.8) is 0 Å². The summed E-state index contributed by atoms with van der Waals surface area (Å²) in [6.07, 6.45) is -5.37. The van der Waals surface area contributed by atoms with Gasteiger partial charge in [0, 0.05) is 16.7 Å². The molecule has 4 rings (SSSR count). The maximum absolute atomic E-state index is 14.5. The number of rotatable bonds is 8. The molecule has 1 aliphatic heterocycles. The molecule has 0 saturated heterocycles. The van der Waals surface area contributed by atoms with Gasteiger partial charge < -0.3 is 30.7 Å². The van der Waals surface area contributed by atoms with Crippen LogP contribution < -0.4 is 25.7 Å². The second-order valence-corrected chi connectivity index (χ2v) is 11.6. The number of nitrogens with two attached hydrogens (primary N) is 2. The summed E-state index contributed by atoms with van der Waals surface area (Å²) in [4.78, 5) is 16.9. The molecule has 3 aromatic rings. The highest BCUT2D eigenvalue weighted by molar-refractivity contribution is 7.88. The van der Waals surface area contributed by atoms with Crippen LogP contribution in [0.1, 0.15) is 34.1 Å². The minimum absolute atomic E-state index is 0.0691. The Morgan fingerprint density at radius 3 is 2.43 bits per heavy atom. The van der Waals surface area contributed by atoms with Crippen LogP contribution in [0.5, 0.6) is 17.2 Å². The molecule has 7 N–H and O–H groups in total. The Kier molecular flexibility index (Phi) is 7.88. The van der Waals surface area contributed by atoms with Crippen molar-refractivity contribution in [2.45, 2.75) is 31.2 Å². The third kappa shape index (κ3) is 6.11. The van der Waals surface area contributed by atoms with Gasteiger partial charge in [0.1, 0.15) is 18.1 Å². The molecule has 0 bridgehead atoms. The summed E-state index contributed by atoms with van der Waals surface area (Å²) in [5, 5.41) is 28.1. The molecule has 0 aliphatic carbocycles. The molecule has 0 radical (unpaired) electrons. The molecule has 42 heavy (non-hydrogen) atoms. The fourth-order valence-electron chi connectivity index (χ4n) is 4.28. The van der Waals surface area contributed by atoms with Crippen LogP contribution in [0.3, 0.4) is 0 Å². The number of aromatic nitrogens is 1. The normalized spacial score (nSPS) is 18.1. The number of carbonyl (C=O) groups excluding carboxylic acids is 1. The number of halogens is 4. The molecule has 226 valence electrons. The Morgan fingerprint density at radius 1 is 1.21 bits per heavy atom. The summed E-state index contributed by atoms with van der Waals surface area (Å²) in [6, 6.07) is 7.61. The monoisotopic (exact) mass is 614 g/mol. The smallest absolute Gasteiger partial charge is 0.424 e. The quantitative estimate of drug-likeness (QED) is 0.237. The molecule has 16 heteroatoms. The number of aromatic hydroxyl groups is 1. The number of benzene rings is 2. The fourth-order valence-corrected chi connectivity index (χ4v) is 4.56. The predicted molar refractivity (Wildman–Crippen MR) is 140 cm³/mol. The maximum Gasteiger partial charge on any atom is 0.424 e. The van der Waals surface area contributed by atoms with Gasteiger partial charge in [-0.25, -0.2) is 22.9 Å². The van der Waals surface area contributed by atoms with Crippen LogP contribution in [-0.4, -0.2) is 54.8 Å². The maximum atomic E-state index is 14.5. The highest BCUT2D eigenvalue weighted by Crippen LogP contribution is 2.46. The lowest BCUT2D eigenvalue weighted by Crippen LogP contribution is -2.51. The van der Waals surface area contributed by atoms with Gasteiger partial charge in [0.2, 0.25) is 21.6 Å². The first-order chi connectivity index (χ1) is 19.3. The highest BCUT2D eigenvalue weighted by Gasteiger charge is 2.57. The average molecular weight is 615 g/mol. The Labute approximate surface area is 237 Å². The third-order valence-corrected chi connectivity index (χ3v) is 6.95. The summed E-state index contributed by atoms with van der Waals surface area (Å²) in [6.45, 7) is 1.34. The number of hydrogen-bond donors (Lipinski definition) is 5. The number of aliphatic hydroxyl groups is 1. The van der Waals surface area contributed by atoms with Gasteiger partial charge in [-0.15, -0.1) is 0 Å². The summed E-state index contributed by atoms with van der Waals surface area (Å²) in [5.41, 5.74) is 0.266. The fraction of sp³-hybridized carbons (Fsp3) is 0.308. The lowest BCUT2D eigenvalue weighted by Gasteiger charge is -2.31. The number of nitrogens with one attached hydrogen (secondary N) is 1. The minimum atomic E-state index is -5.37. The number of ether oxygens (including phenoxy) is 2. The number of hydrogen-bond acceptors (Lipinski definition) is 9. The number of fused-ring (bicyclic) bond motifs is 1. The van der Waals surface area contributed by atoms with Gasteiger partial charge in [0.15, 0.2) is 17.2 Å². The van der Waals surface area contributed by atoms with E-state index in [-0.39, 0.29) is 46.1 Å². The van der Waals surface area contributed by atoms with E-state index in [0.29, 0.717) is 0 Å². The van der Waals surface area contributed by atoms with E-state index in [1.165, 1.54) is 26.0 Å². The number of phenols is 1. The Balaban J connectivity index is 1.70. The number of sulfonamides is 1. The second kappa shape index (κ2) is 10.7. The average Bonchev–Trinajstić information content (AvgIpc) is 3.19. The van der Waals surface area contributed by atoms with Crippen LogP contribution in [0.25, 0.3) is 11.3 Å². The van der Waals surface area contributed by atoms with Crippen LogP contribution in [0.15, 0.2) is 42.5 Å². The van der Waals surface area contributed by atoms with Crippen molar-refractivity contribution in [1.82, 2.24) is 10.3 Å². The first-order valence-corrected chi connectivity index (χ1v) is 13.8. The molecule has 2 aromatic carbocycles. The van der Waals surface area contributed by atoms with Gasteiger partial charge in [-0.1, -0.05) is 0 Å². The lowest BCUT2D eigenvalue weighted by atomic mass is 9.89. The molecule has 2 unspecified atom stereocenters. The number of pyridine rings is 1. The van der Waals surface area contributed by atoms with Gasteiger partial charge >= 0.3 is 6.18 Å². The topological polar surface area (TPSA) is 187 Å². The Morgan fingerprint density at radius 2 is 1.86 bits per heavy atom. The number of aryl methyl sites for hydroxylation is 1. The molecule has 0 fully saturated rings. The first-order valence-electron chi connectivity index (χ1n) is 12.1. The van der Waals surface area contributed by atoms with E-state index in [4.69, 9.17) is 20.3 Å². The zero-order valence-electron chi connectivity index (χ0n) is 22.1. The van der Waals surface area contributed by atoms with Crippen molar-refractivity contribution in [2.24, 2.45) is 10.9 Å². The predicted octanol–water partition coefficient (Wildman–Crippen LogP) is 2.27. The first kappa shape index (κ1) is 31.0. The van der Waals surface area contributed by atoms with E-state index in [1.54, 1.807) is 0 Å². The van der Waals surface area contributed by atoms with E-state index in [2.05, 4.69) is 4.98 Å². The largest absolute Gasteiger partial charge is 0.504 e. The van der Waals surface area contributed by atoms with Crippen molar-refractivity contribution < 1.29 is 50.5 Å². The van der Waals surface area contributed by atoms with E-state index in [1.807, 2.05) is 5.32 Å². The number of primary sulfonamides is 1. The van der Waals surface area contributed by atoms with E-state index in [0.717, 1.165) is 30.3 Å². The van der Waals surface area contributed by atoms with Crippen LogP contribution in [0.2, 0.25) is 0 Å². The van der Waals surface area contributed by atoms with Crippen molar-refractivity contribution in [1.29, 1.82) is 0 Å². The molecular weight excluding hydrogens is 588 g/mol. The van der Waals surface area contributed by atoms with Gasteiger partial charge in [0.25, 0.3) is 5.91 Å². The SMILES string of the molecule is Cc1cc(C(=O)NCC(O)(c2cc3c(c(-c4ccc(F)cc4)n2)OCC3(C)N)C(F)(F)F)cc(O)c1OCS(N)(=O)=O. The standard InChI is InChI=1S/C26H26F4N4O7S/c1-13-7-15(8-18(35)21(13)41-12-42(32,38)39)23(36)33-10-25(37,26(28,29)30)19-9-17-22(40-11-24(17,2)31)20(34-19)14-3-5-16(27)6-4-14/h3-9,35,37H,10-12,31H2,1-2H3,(H,33,36)(H2,32,38,39). The van der Waals surface area contributed by atoms with Gasteiger partial charge in [-0.3, -0.25) is 4.79 Å². The molecule has 11 nitrogen and oxygen atoms in total. The van der Waals surface area contributed by atoms with Gasteiger partial charge in [-0.2, -0.15) is 13.2 Å². The molecule has 1 aromatic heterocycles. The Bertz CT molecular complexity index is 1620. The van der Waals surface area contributed by atoms with Crippen LogP contribution in [0.4, 0.5) is 17.6 Å². The van der Waals surface area contributed by atoms with Crippen molar-refractivity contribution in [3.05, 3.63) is 70.7 Å². The molecule has 0 saturated carbocycles. The van der Waals surface area contributed by atoms with Crippen LogP contribution >= 0.6 is 0 Å². The number of alkyl halides is 3. The second-order valence-electron chi connectivity index (χ2n) is 10.1. The van der Waals surface area contributed by atoms with E-state index in [9.17, 15) is 41.0 Å². The Hall–Kier alpha value is -3.99. The van der Waals surface area contributed by atoms with Gasteiger partial charge in [0.05, 0.1) is 17.8 Å². The molecule has 2 atom stereocenters. The third-order valence-electron chi connectivity index (χ3n) is 6.50. The molecule has 2 heterocycles. The molecular formula is C26H26F4N4O7S. The number of carbonyl (C=O) groups is 1. The van der Waals surface area contributed by atoms with Crippen molar-refractivity contribution in [3.8, 4) is 28.5 Å². The summed E-state index contributed by atoms with van der Waals surface area (Å²) in [7, 11) is -4.07. The van der Waals surface area contributed by atoms with E-state index < -0.39 is 63.0 Å². The lowest BCUT2D eigenvalue weighted by molar-refractivity contribution is -0.265. The van der Waals surface area contributed by atoms with Gasteiger partial charge in [-0.05, 0) is 61.9 Å². The summed E-state index contributed by atoms with van der Waals surface area (Å²) < 4.78 is 89.8. The molecule has 1 aliphatic rings. The number of amides is 1. The molecule has 0 spiro atoms. The molecule has 1 amide bonds. The van der Waals surface area contributed by atoms with Crippen LogP contribution in [0, 0.1) is 12.7 Å². The zero-order chi connectivity index (χ0) is 31.3. The number of phenolic OH excluding ortho intramolecular Hbond substituents is 1.